The first-order valence-corrected chi connectivity index (χ1v) is 7.56. The van der Waals surface area contributed by atoms with Crippen LogP contribution in [0, 0.1) is 0 Å². The van der Waals surface area contributed by atoms with Crippen LogP contribution in [0.25, 0.3) is 0 Å². The summed E-state index contributed by atoms with van der Waals surface area (Å²) in [7, 11) is -5.59. The van der Waals surface area contributed by atoms with Gasteiger partial charge in [0.1, 0.15) is 0 Å². The van der Waals surface area contributed by atoms with E-state index in [0.717, 1.165) is 0 Å². The summed E-state index contributed by atoms with van der Waals surface area (Å²) in [5.41, 5.74) is -5.09. The fourth-order valence-corrected chi connectivity index (χ4v) is 3.76. The molecule has 4 nitrogen and oxygen atoms in total. The number of benzene rings is 1. The Morgan fingerprint density at radius 1 is 1.33 bits per heavy atom. The SMILES string of the molecule is C[C@H](O)c1ccccc1[Se]OS(=O)(=O)C(F)(F)F. The van der Waals surface area contributed by atoms with Crippen LogP contribution in [-0.2, 0) is 13.4 Å². The van der Waals surface area contributed by atoms with Crippen LogP contribution in [0.4, 0.5) is 13.2 Å². The summed E-state index contributed by atoms with van der Waals surface area (Å²) in [5.74, 6) is 0. The van der Waals surface area contributed by atoms with Gasteiger partial charge in [0, 0.05) is 0 Å². The second-order valence-corrected chi connectivity index (χ2v) is 6.90. The van der Waals surface area contributed by atoms with Crippen molar-refractivity contribution in [1.29, 1.82) is 0 Å². The molecule has 0 fully saturated rings. The van der Waals surface area contributed by atoms with E-state index in [1.807, 2.05) is 0 Å². The molecule has 1 N–H and O–H groups in total. The van der Waals surface area contributed by atoms with E-state index in [0.29, 0.717) is 5.56 Å². The van der Waals surface area contributed by atoms with Crippen LogP contribution in [0.1, 0.15) is 18.6 Å². The first-order chi connectivity index (χ1) is 8.15. The Morgan fingerprint density at radius 3 is 2.39 bits per heavy atom. The van der Waals surface area contributed by atoms with Crippen molar-refractivity contribution in [2.45, 2.75) is 18.5 Å². The zero-order chi connectivity index (χ0) is 14.0. The third kappa shape index (κ3) is 3.69. The molecule has 18 heavy (non-hydrogen) atoms. The fraction of sp³-hybridized carbons (Fsp3) is 0.333. The first kappa shape index (κ1) is 15.5. The Kier molecular flexibility index (Phi) is 4.79. The Hall–Kier alpha value is -0.601. The van der Waals surface area contributed by atoms with Crippen molar-refractivity contribution in [3.8, 4) is 0 Å². The monoisotopic (exact) mass is 350 g/mol. The van der Waals surface area contributed by atoms with Crippen LogP contribution in [0.2, 0.25) is 0 Å². The predicted octanol–water partition coefficient (Wildman–Crippen LogP) is 0.851. The van der Waals surface area contributed by atoms with E-state index in [9.17, 15) is 26.7 Å². The van der Waals surface area contributed by atoms with E-state index in [4.69, 9.17) is 0 Å². The van der Waals surface area contributed by atoms with Crippen LogP contribution in [0.3, 0.4) is 0 Å². The van der Waals surface area contributed by atoms with Gasteiger partial charge in [0.2, 0.25) is 0 Å². The minimum atomic E-state index is -5.59. The molecule has 0 spiro atoms. The molecule has 0 heterocycles. The zero-order valence-corrected chi connectivity index (χ0v) is 11.5. The Morgan fingerprint density at radius 2 is 1.89 bits per heavy atom. The second kappa shape index (κ2) is 5.58. The maximum atomic E-state index is 12.0. The number of aliphatic hydroxyl groups is 1. The quantitative estimate of drug-likeness (QED) is 0.647. The normalized spacial score (nSPS) is 14.5. The summed E-state index contributed by atoms with van der Waals surface area (Å²) in [6.07, 6.45) is -0.916. The number of hydrogen-bond donors (Lipinski definition) is 1. The molecule has 0 unspecified atom stereocenters. The average molecular weight is 349 g/mol. The van der Waals surface area contributed by atoms with Gasteiger partial charge < -0.3 is 0 Å². The molecule has 1 rings (SSSR count). The molecule has 1 aromatic rings. The van der Waals surface area contributed by atoms with Crippen molar-refractivity contribution in [3.63, 3.8) is 0 Å². The average Bonchev–Trinajstić information content (AvgIpc) is 2.25. The third-order valence-corrected chi connectivity index (χ3v) is 5.39. The van der Waals surface area contributed by atoms with E-state index in [2.05, 4.69) is 3.27 Å². The fourth-order valence-electron chi connectivity index (χ4n) is 1.02. The van der Waals surface area contributed by atoms with Gasteiger partial charge in [-0.2, -0.15) is 0 Å². The van der Waals surface area contributed by atoms with Crippen molar-refractivity contribution in [2.75, 3.05) is 0 Å². The summed E-state index contributed by atoms with van der Waals surface area (Å²) in [6.45, 7) is 1.42. The predicted molar refractivity (Wildman–Crippen MR) is 58.5 cm³/mol. The molecular weight excluding hydrogens is 340 g/mol. The molecule has 102 valence electrons. The number of alkyl halides is 3. The molecule has 1 aromatic carbocycles. The summed E-state index contributed by atoms with van der Waals surface area (Å²) >= 11 is -1.39. The molecule has 0 aliphatic rings. The van der Waals surface area contributed by atoms with Crippen LogP contribution in [0.15, 0.2) is 24.3 Å². The van der Waals surface area contributed by atoms with Gasteiger partial charge in [0.25, 0.3) is 0 Å². The number of aliphatic hydroxyl groups excluding tert-OH is 1. The van der Waals surface area contributed by atoms with E-state index < -0.39 is 37.0 Å². The third-order valence-electron chi connectivity index (χ3n) is 1.87. The molecule has 0 aromatic heterocycles. The zero-order valence-electron chi connectivity index (χ0n) is 9.01. The summed E-state index contributed by atoms with van der Waals surface area (Å²) in [6, 6.07) is 6.01. The topological polar surface area (TPSA) is 63.6 Å². The van der Waals surface area contributed by atoms with Crippen LogP contribution in [-0.4, -0.2) is 34.3 Å². The Bertz CT molecular complexity index is 513. The van der Waals surface area contributed by atoms with Crippen molar-refractivity contribution in [1.82, 2.24) is 0 Å². The standard InChI is InChI=1S/C9H9F3O4SSe/c1-6(13)7-4-2-3-5-8(7)18-16-17(14,15)9(10,11)12/h2-6,13H,1H3/t6-/m0/s1. The first-order valence-electron chi connectivity index (χ1n) is 4.59. The molecule has 0 aliphatic heterocycles. The van der Waals surface area contributed by atoms with Gasteiger partial charge in [-0.05, 0) is 0 Å². The summed E-state index contributed by atoms with van der Waals surface area (Å²) in [5, 5.41) is 9.38. The number of hydrogen-bond acceptors (Lipinski definition) is 4. The van der Waals surface area contributed by atoms with Gasteiger partial charge in [-0.1, -0.05) is 0 Å². The molecule has 0 amide bonds. The van der Waals surface area contributed by atoms with Gasteiger partial charge >= 0.3 is 108 Å². The molecule has 0 bridgehead atoms. The number of rotatable bonds is 4. The molecular formula is C9H9F3O4SSe. The summed E-state index contributed by atoms with van der Waals surface area (Å²) < 4.78 is 61.8. The molecule has 0 saturated heterocycles. The molecule has 0 saturated carbocycles. The van der Waals surface area contributed by atoms with E-state index in [-0.39, 0.29) is 4.46 Å². The van der Waals surface area contributed by atoms with E-state index >= 15 is 0 Å². The maximum absolute atomic E-state index is 12.0. The Labute approximate surface area is 108 Å². The molecule has 1 atom stereocenters. The molecule has 0 aliphatic carbocycles. The van der Waals surface area contributed by atoms with Gasteiger partial charge in [-0.3, -0.25) is 0 Å². The van der Waals surface area contributed by atoms with Gasteiger partial charge in [-0.15, -0.1) is 0 Å². The van der Waals surface area contributed by atoms with Gasteiger partial charge in [0.05, 0.1) is 0 Å². The van der Waals surface area contributed by atoms with E-state index in [1.54, 1.807) is 6.07 Å². The van der Waals surface area contributed by atoms with Gasteiger partial charge in [-0.25, -0.2) is 0 Å². The molecule has 9 heteroatoms. The van der Waals surface area contributed by atoms with Crippen molar-refractivity contribution >= 4 is 29.9 Å². The summed E-state index contributed by atoms with van der Waals surface area (Å²) in [4.78, 5) is 0. The molecule has 0 radical (unpaired) electrons. The Balaban J connectivity index is 2.89. The second-order valence-electron chi connectivity index (χ2n) is 3.27. The van der Waals surface area contributed by atoms with E-state index in [1.165, 1.54) is 25.1 Å². The van der Waals surface area contributed by atoms with Crippen molar-refractivity contribution in [3.05, 3.63) is 29.8 Å². The van der Waals surface area contributed by atoms with Crippen LogP contribution in [0.5, 0.6) is 0 Å². The number of halogens is 3. The van der Waals surface area contributed by atoms with Gasteiger partial charge in [0.15, 0.2) is 0 Å². The van der Waals surface area contributed by atoms with Crippen molar-refractivity contribution in [2.24, 2.45) is 0 Å². The van der Waals surface area contributed by atoms with Crippen molar-refractivity contribution < 1.29 is 30.0 Å². The minimum absolute atomic E-state index is 0.243. The van der Waals surface area contributed by atoms with Crippen LogP contribution >= 0.6 is 0 Å². The van der Waals surface area contributed by atoms with Crippen LogP contribution < -0.4 is 4.46 Å².